The lowest BCUT2D eigenvalue weighted by molar-refractivity contribution is -0.149. The first kappa shape index (κ1) is 21.2. The number of anilines is 2. The van der Waals surface area contributed by atoms with E-state index in [0.29, 0.717) is 17.0 Å². The van der Waals surface area contributed by atoms with Crippen LogP contribution in [0.25, 0.3) is 0 Å². The number of rotatable bonds is 7. The Morgan fingerprint density at radius 2 is 1.67 bits per heavy atom. The summed E-state index contributed by atoms with van der Waals surface area (Å²) < 4.78 is 10.2. The first-order chi connectivity index (χ1) is 14.7. The molecule has 0 aliphatic carbocycles. The van der Waals surface area contributed by atoms with E-state index in [2.05, 4.69) is 10.2 Å². The molecule has 156 valence electrons. The minimum absolute atomic E-state index is 0.297. The van der Waals surface area contributed by atoms with Gasteiger partial charge < -0.3 is 19.7 Å². The lowest BCUT2D eigenvalue weighted by Gasteiger charge is -2.22. The molecule has 1 N–H and O–H groups in total. The quantitative estimate of drug-likeness (QED) is 0.707. The molecule has 3 rings (SSSR count). The van der Waals surface area contributed by atoms with Gasteiger partial charge >= 0.3 is 5.97 Å². The van der Waals surface area contributed by atoms with Gasteiger partial charge in [-0.1, -0.05) is 25.0 Å². The van der Waals surface area contributed by atoms with Gasteiger partial charge in [-0.3, -0.25) is 4.79 Å². The van der Waals surface area contributed by atoms with Crippen LogP contribution in [0.3, 0.4) is 0 Å². The molecule has 2 aromatic carbocycles. The van der Waals surface area contributed by atoms with Crippen molar-refractivity contribution in [3.63, 3.8) is 0 Å². The van der Waals surface area contributed by atoms with Gasteiger partial charge in [-0.15, -0.1) is 0 Å². The van der Waals surface area contributed by atoms with Gasteiger partial charge in [0, 0.05) is 24.5 Å². The van der Waals surface area contributed by atoms with Crippen LogP contribution in [-0.4, -0.2) is 38.2 Å². The Kier molecular flexibility index (Phi) is 7.67. The molecule has 7 heteroatoms. The molecule has 1 aliphatic heterocycles. The molecule has 0 saturated carbocycles. The van der Waals surface area contributed by atoms with E-state index in [4.69, 9.17) is 14.7 Å². The predicted molar refractivity (Wildman–Crippen MR) is 113 cm³/mol. The Balaban J connectivity index is 1.41. The number of esters is 1. The molecule has 1 saturated heterocycles. The largest absolute Gasteiger partial charge is 0.481 e. The molecule has 1 heterocycles. The maximum atomic E-state index is 12.0. The number of hydrogen-bond acceptors (Lipinski definition) is 6. The van der Waals surface area contributed by atoms with Gasteiger partial charge in [-0.2, -0.15) is 5.26 Å². The Labute approximate surface area is 176 Å². The lowest BCUT2D eigenvalue weighted by atomic mass is 10.2. The van der Waals surface area contributed by atoms with Crippen molar-refractivity contribution < 1.29 is 19.1 Å². The maximum absolute atomic E-state index is 12.0. The lowest BCUT2D eigenvalue weighted by Crippen LogP contribution is -2.24. The number of amides is 1. The minimum Gasteiger partial charge on any atom is -0.481 e. The molecule has 0 spiro atoms. The highest BCUT2D eigenvalue weighted by Crippen LogP contribution is 2.21. The van der Waals surface area contributed by atoms with E-state index < -0.39 is 18.5 Å². The number of nitrogens with zero attached hydrogens (tertiary/aromatic N) is 2. The molecule has 0 atom stereocenters. The number of para-hydroxylation sites is 1. The third-order valence-corrected chi connectivity index (χ3v) is 4.84. The highest BCUT2D eigenvalue weighted by molar-refractivity contribution is 5.93. The number of ether oxygens (including phenoxy) is 2. The second-order valence-electron chi connectivity index (χ2n) is 7.05. The van der Waals surface area contributed by atoms with Crippen LogP contribution in [-0.2, 0) is 14.3 Å². The number of carbonyl (C=O) groups excluding carboxylic acids is 2. The molecule has 0 bridgehead atoms. The normalized spacial score (nSPS) is 13.6. The summed E-state index contributed by atoms with van der Waals surface area (Å²) in [5.41, 5.74) is 2.12. The highest BCUT2D eigenvalue weighted by Gasteiger charge is 2.12. The fraction of sp³-hybridized carbons (Fsp3) is 0.348. The summed E-state index contributed by atoms with van der Waals surface area (Å²) >= 11 is 0. The number of hydrogen-bond donors (Lipinski definition) is 1. The molecule has 30 heavy (non-hydrogen) atoms. The summed E-state index contributed by atoms with van der Waals surface area (Å²) in [4.78, 5) is 26.2. The van der Waals surface area contributed by atoms with Crippen molar-refractivity contribution in [1.82, 2.24) is 0 Å². The van der Waals surface area contributed by atoms with Crippen molar-refractivity contribution >= 4 is 23.3 Å². The molecule has 1 aliphatic rings. The van der Waals surface area contributed by atoms with Crippen molar-refractivity contribution in [2.24, 2.45) is 0 Å². The van der Waals surface area contributed by atoms with E-state index in [-0.39, 0.29) is 6.61 Å². The minimum atomic E-state index is -0.686. The number of nitriles is 1. The summed E-state index contributed by atoms with van der Waals surface area (Å²) in [5, 5.41) is 11.7. The van der Waals surface area contributed by atoms with Crippen molar-refractivity contribution in [3.8, 4) is 11.8 Å². The Bertz CT molecular complexity index is 897. The number of benzene rings is 2. The van der Waals surface area contributed by atoms with Crippen molar-refractivity contribution in [1.29, 1.82) is 5.26 Å². The average Bonchev–Trinajstić information content (AvgIpc) is 3.06. The van der Waals surface area contributed by atoms with Gasteiger partial charge in [-0.05, 0) is 49.2 Å². The topological polar surface area (TPSA) is 91.7 Å². The van der Waals surface area contributed by atoms with Gasteiger partial charge in [0.15, 0.2) is 13.2 Å². The molecule has 0 unspecified atom stereocenters. The van der Waals surface area contributed by atoms with E-state index in [9.17, 15) is 9.59 Å². The Morgan fingerprint density at radius 3 is 2.37 bits per heavy atom. The zero-order chi connectivity index (χ0) is 21.2. The predicted octanol–water partition coefficient (Wildman–Crippen LogP) is 3.50. The van der Waals surface area contributed by atoms with Gasteiger partial charge in [0.25, 0.3) is 5.91 Å². The molecular weight excluding hydrogens is 382 g/mol. The first-order valence-corrected chi connectivity index (χ1v) is 10.1. The average molecular weight is 407 g/mol. The molecule has 0 radical (unpaired) electrons. The summed E-state index contributed by atoms with van der Waals surface area (Å²) in [7, 11) is 0. The molecule has 2 aromatic rings. The van der Waals surface area contributed by atoms with Gasteiger partial charge in [0.2, 0.25) is 0 Å². The van der Waals surface area contributed by atoms with E-state index >= 15 is 0 Å². The molecular formula is C23H25N3O4. The third-order valence-electron chi connectivity index (χ3n) is 4.84. The zero-order valence-electron chi connectivity index (χ0n) is 16.8. The second-order valence-corrected chi connectivity index (χ2v) is 7.05. The van der Waals surface area contributed by atoms with E-state index in [0.717, 1.165) is 18.8 Å². The first-order valence-electron chi connectivity index (χ1n) is 10.1. The fourth-order valence-electron chi connectivity index (χ4n) is 3.29. The molecule has 1 amide bonds. The van der Waals surface area contributed by atoms with Gasteiger partial charge in [0.05, 0.1) is 5.56 Å². The Morgan fingerprint density at radius 1 is 0.967 bits per heavy atom. The highest BCUT2D eigenvalue weighted by atomic mass is 16.6. The van der Waals surface area contributed by atoms with E-state index in [1.165, 1.54) is 25.7 Å². The van der Waals surface area contributed by atoms with Gasteiger partial charge in [0.1, 0.15) is 11.8 Å². The van der Waals surface area contributed by atoms with Crippen LogP contribution in [0.15, 0.2) is 48.5 Å². The maximum Gasteiger partial charge on any atom is 0.344 e. The van der Waals surface area contributed by atoms with Crippen LogP contribution in [0, 0.1) is 11.3 Å². The van der Waals surface area contributed by atoms with Crippen molar-refractivity contribution in [2.75, 3.05) is 36.5 Å². The summed E-state index contributed by atoms with van der Waals surface area (Å²) in [5.74, 6) is -0.816. The smallest absolute Gasteiger partial charge is 0.344 e. The van der Waals surface area contributed by atoms with Crippen LogP contribution in [0.4, 0.5) is 11.4 Å². The van der Waals surface area contributed by atoms with Crippen LogP contribution in [0.1, 0.15) is 31.2 Å². The summed E-state index contributed by atoms with van der Waals surface area (Å²) in [6.07, 6.45) is 4.96. The third kappa shape index (κ3) is 6.24. The van der Waals surface area contributed by atoms with E-state index in [1.54, 1.807) is 24.3 Å². The zero-order valence-corrected chi connectivity index (χ0v) is 16.8. The van der Waals surface area contributed by atoms with Gasteiger partial charge in [-0.25, -0.2) is 4.79 Å². The standard InChI is InChI=1S/C23H25N3O4/c24-15-18-7-3-4-8-21(18)29-17-23(28)30-16-22(27)25-19-9-11-20(12-10-19)26-13-5-1-2-6-14-26/h3-4,7-12H,1-2,5-6,13-14,16-17H2,(H,25,27). The van der Waals surface area contributed by atoms with Crippen molar-refractivity contribution in [2.45, 2.75) is 25.7 Å². The van der Waals surface area contributed by atoms with Crippen LogP contribution in [0.5, 0.6) is 5.75 Å². The van der Waals surface area contributed by atoms with Crippen LogP contribution < -0.4 is 15.0 Å². The van der Waals surface area contributed by atoms with Crippen molar-refractivity contribution in [3.05, 3.63) is 54.1 Å². The monoisotopic (exact) mass is 407 g/mol. The Hall–Kier alpha value is -3.53. The fourth-order valence-corrected chi connectivity index (χ4v) is 3.29. The molecule has 0 aromatic heterocycles. The van der Waals surface area contributed by atoms with E-state index in [1.807, 2.05) is 30.3 Å². The van der Waals surface area contributed by atoms with Crippen LogP contribution in [0.2, 0.25) is 0 Å². The molecule has 1 fully saturated rings. The van der Waals surface area contributed by atoms with Crippen LogP contribution >= 0.6 is 0 Å². The molecule has 7 nitrogen and oxygen atoms in total. The summed E-state index contributed by atoms with van der Waals surface area (Å²) in [6.45, 7) is 1.33. The number of nitrogens with one attached hydrogen (secondary N) is 1. The number of carbonyl (C=O) groups is 2. The summed E-state index contributed by atoms with van der Waals surface area (Å²) in [6, 6.07) is 16.3. The second kappa shape index (κ2) is 10.9. The SMILES string of the molecule is N#Cc1ccccc1OCC(=O)OCC(=O)Nc1ccc(N2CCCCCC2)cc1.